The van der Waals surface area contributed by atoms with E-state index in [1.165, 1.54) is 48.5 Å². The first-order valence-electron chi connectivity index (χ1n) is 12.7. The van der Waals surface area contributed by atoms with Crippen LogP contribution in [0, 0.1) is 23.0 Å². The van der Waals surface area contributed by atoms with Crippen molar-refractivity contribution in [3.63, 3.8) is 0 Å². The number of anilines is 1. The van der Waals surface area contributed by atoms with E-state index in [2.05, 4.69) is 15.6 Å². The molecule has 1 heterocycles. The van der Waals surface area contributed by atoms with Crippen LogP contribution in [0.5, 0.6) is 0 Å². The van der Waals surface area contributed by atoms with E-state index in [9.17, 15) is 32.7 Å². The molecule has 3 aromatic rings. The Morgan fingerprint density at radius 1 is 1.21 bits per heavy atom. The first-order chi connectivity index (χ1) is 19.6. The van der Waals surface area contributed by atoms with Crippen LogP contribution in [0.25, 0.3) is 10.8 Å². The number of carbonyl (C=O) groups is 2. The molecule has 1 aliphatic rings. The molecule has 0 bridgehead atoms. The van der Waals surface area contributed by atoms with Crippen LogP contribution in [0.4, 0.5) is 24.2 Å². The Bertz CT molecular complexity index is 1560. The number of amides is 3. The van der Waals surface area contributed by atoms with Crippen molar-refractivity contribution < 1.29 is 42.0 Å². The minimum atomic E-state index is -4.76. The number of fused-ring (bicyclic) bond motifs is 1. The molecule has 15 heteroatoms. The zero-order chi connectivity index (χ0) is 30.9. The molecule has 11 nitrogen and oxygen atoms in total. The molecule has 4 rings (SSSR count). The zero-order valence-electron chi connectivity index (χ0n) is 22.9. The summed E-state index contributed by atoms with van der Waals surface area (Å²) in [4.78, 5) is 49.8. The maximum Gasteiger partial charge on any atom is 0.469 e. The van der Waals surface area contributed by atoms with E-state index < -0.39 is 48.5 Å². The number of urea groups is 1. The molecule has 0 radical (unpaired) electrons. The molecule has 2 aromatic carbocycles. The predicted molar refractivity (Wildman–Crippen MR) is 151 cm³/mol. The fourth-order valence-electron chi connectivity index (χ4n) is 4.96. The molecule has 42 heavy (non-hydrogen) atoms. The fourth-order valence-corrected chi connectivity index (χ4v) is 5.66. The average Bonchev–Trinajstić information content (AvgIpc) is 3.67. The third-order valence-corrected chi connectivity index (χ3v) is 8.28. The number of pyridine rings is 1. The molecule has 1 unspecified atom stereocenters. The van der Waals surface area contributed by atoms with Gasteiger partial charge in [0.15, 0.2) is 0 Å². The molecule has 1 saturated carbocycles. The number of likely N-dealkylation sites (N-methyl/N-ethyl adjacent to an activating group) is 1. The van der Waals surface area contributed by atoms with Crippen molar-refractivity contribution in [3.8, 4) is 0 Å². The minimum absolute atomic E-state index is 0.0825. The number of aromatic nitrogens is 1. The Hall–Kier alpha value is -3.35. The van der Waals surface area contributed by atoms with Crippen molar-refractivity contribution in [2.75, 3.05) is 25.6 Å². The fraction of sp³-hybridized carbons (Fsp3) is 0.370. The summed E-state index contributed by atoms with van der Waals surface area (Å²) in [6.45, 7) is 2.73. The normalized spacial score (nSPS) is 18.4. The molecule has 1 fully saturated rings. The van der Waals surface area contributed by atoms with E-state index in [-0.39, 0.29) is 30.6 Å². The quantitative estimate of drug-likeness (QED) is 0.217. The van der Waals surface area contributed by atoms with Crippen molar-refractivity contribution in [1.82, 2.24) is 15.2 Å². The number of nitrogens with zero attached hydrogens (tertiary/aromatic N) is 2. The first kappa shape index (κ1) is 31.6. The molecule has 1 aliphatic carbocycles. The zero-order valence-corrected chi connectivity index (χ0v) is 24.6. The van der Waals surface area contributed by atoms with Gasteiger partial charge < -0.3 is 24.7 Å². The monoisotopic (exact) mass is 626 g/mol. The summed E-state index contributed by atoms with van der Waals surface area (Å²) in [5.41, 5.74) is -1.58. The summed E-state index contributed by atoms with van der Waals surface area (Å²) in [5, 5.41) is 6.22. The van der Waals surface area contributed by atoms with Crippen molar-refractivity contribution in [2.24, 2.45) is 11.3 Å². The lowest BCUT2D eigenvalue weighted by molar-refractivity contribution is 0.0642. The van der Waals surface area contributed by atoms with E-state index in [1.54, 1.807) is 26.0 Å². The number of carbonyl (C=O) groups excluding carboxylic acids is 2. The van der Waals surface area contributed by atoms with Gasteiger partial charge in [-0.1, -0.05) is 37.6 Å². The highest BCUT2D eigenvalue weighted by Gasteiger charge is 2.65. The highest BCUT2D eigenvalue weighted by atomic mass is 35.5. The number of hydrogen-bond acceptors (Lipinski definition) is 6. The van der Waals surface area contributed by atoms with Crippen LogP contribution in [0.3, 0.4) is 0 Å². The number of benzene rings is 2. The second-order valence-corrected chi connectivity index (χ2v) is 12.4. The van der Waals surface area contributed by atoms with Crippen LogP contribution in [0.2, 0.25) is 5.02 Å². The number of hydrogen-bond donors (Lipinski definition) is 4. The lowest BCUT2D eigenvalue weighted by Gasteiger charge is -2.34. The van der Waals surface area contributed by atoms with E-state index in [4.69, 9.17) is 20.9 Å². The van der Waals surface area contributed by atoms with Crippen LogP contribution in [0.15, 0.2) is 48.7 Å². The highest BCUT2D eigenvalue weighted by Crippen LogP contribution is 2.58. The summed E-state index contributed by atoms with van der Waals surface area (Å²) in [5.74, 6) is -1.37. The van der Waals surface area contributed by atoms with Crippen LogP contribution in [0.1, 0.15) is 25.8 Å². The Morgan fingerprint density at radius 3 is 2.67 bits per heavy atom. The molecule has 3 amide bonds. The van der Waals surface area contributed by atoms with Gasteiger partial charge >= 0.3 is 19.9 Å². The third kappa shape index (κ3) is 7.34. The van der Waals surface area contributed by atoms with Gasteiger partial charge in [0.2, 0.25) is 0 Å². The average molecular weight is 627 g/mol. The van der Waals surface area contributed by atoms with Crippen LogP contribution in [-0.4, -0.2) is 57.6 Å². The van der Waals surface area contributed by atoms with E-state index in [0.717, 1.165) is 0 Å². The molecule has 4 N–H and O–H groups in total. The Balaban J connectivity index is 1.48. The van der Waals surface area contributed by atoms with Gasteiger partial charge in [-0.05, 0) is 59.0 Å². The van der Waals surface area contributed by atoms with Gasteiger partial charge in [0.25, 0.3) is 0 Å². The summed E-state index contributed by atoms with van der Waals surface area (Å²) in [6.07, 6.45) is 0.901. The molecule has 226 valence electrons. The lowest BCUT2D eigenvalue weighted by atomic mass is 9.85. The van der Waals surface area contributed by atoms with E-state index in [0.29, 0.717) is 22.8 Å². The molecule has 0 aliphatic heterocycles. The second kappa shape index (κ2) is 12.1. The molecular formula is C27H30ClF2N4O7P. The van der Waals surface area contributed by atoms with Gasteiger partial charge in [-0.25, -0.2) is 27.9 Å². The topological polar surface area (TPSA) is 150 Å². The summed E-state index contributed by atoms with van der Waals surface area (Å²) in [7, 11) is -3.28. The van der Waals surface area contributed by atoms with E-state index >= 15 is 0 Å². The van der Waals surface area contributed by atoms with Crippen LogP contribution < -0.4 is 10.6 Å². The number of halogens is 3. The number of ether oxygens (including phenoxy) is 1. The van der Waals surface area contributed by atoms with Gasteiger partial charge in [-0.2, -0.15) is 0 Å². The largest absolute Gasteiger partial charge is 0.469 e. The van der Waals surface area contributed by atoms with Gasteiger partial charge in [-0.15, -0.1) is 0 Å². The van der Waals surface area contributed by atoms with E-state index in [1.807, 2.05) is 0 Å². The van der Waals surface area contributed by atoms with Gasteiger partial charge in [0.1, 0.15) is 24.1 Å². The summed E-state index contributed by atoms with van der Waals surface area (Å²) < 4.78 is 49.0. The van der Waals surface area contributed by atoms with Crippen molar-refractivity contribution in [3.05, 3.63) is 70.9 Å². The lowest BCUT2D eigenvalue weighted by Crippen LogP contribution is -2.50. The first-order valence-corrected chi connectivity index (χ1v) is 14.7. The summed E-state index contributed by atoms with van der Waals surface area (Å²) in [6, 6.07) is 9.26. The molecular weight excluding hydrogens is 597 g/mol. The maximum atomic E-state index is 13.8. The van der Waals surface area contributed by atoms with Gasteiger partial charge in [0.05, 0.1) is 17.2 Å². The molecule has 1 aromatic heterocycles. The Kier molecular flexibility index (Phi) is 9.10. The number of phosphoric acid groups is 1. The Morgan fingerprint density at radius 2 is 1.95 bits per heavy atom. The van der Waals surface area contributed by atoms with Gasteiger partial charge in [-0.3, -0.25) is 9.84 Å². The van der Waals surface area contributed by atoms with Crippen molar-refractivity contribution >= 4 is 48.1 Å². The van der Waals surface area contributed by atoms with Crippen LogP contribution >= 0.6 is 19.4 Å². The Labute approximate surface area is 245 Å². The molecule has 0 spiro atoms. The predicted octanol–water partition coefficient (Wildman–Crippen LogP) is 5.45. The second-order valence-electron chi connectivity index (χ2n) is 10.8. The summed E-state index contributed by atoms with van der Waals surface area (Å²) >= 11 is 6.00. The molecule has 0 saturated heterocycles. The smallest absolute Gasteiger partial charge is 0.447 e. The van der Waals surface area contributed by atoms with Crippen molar-refractivity contribution in [2.45, 2.75) is 32.4 Å². The van der Waals surface area contributed by atoms with Crippen molar-refractivity contribution in [1.29, 1.82) is 0 Å². The number of rotatable bonds is 10. The maximum absolute atomic E-state index is 13.8. The third-order valence-electron chi connectivity index (χ3n) is 7.40. The van der Waals surface area contributed by atoms with Crippen LogP contribution in [-0.2, 0) is 20.4 Å². The number of phosphoric ester groups is 1. The van der Waals surface area contributed by atoms with Gasteiger partial charge in [0, 0.05) is 25.2 Å². The highest BCUT2D eigenvalue weighted by molar-refractivity contribution is 7.46. The molecule has 2 atom stereocenters. The number of nitrogens with one attached hydrogen (secondary N) is 2. The SMILES string of the molecule is CN(C(=O)NCc1cccc(F)c1Cl)C1(COC(=O)Nc2cc3cc(F)ccc3cn2)C[C@H]1C(C)(C)COP(=O)(O)O. The standard InChI is InChI=1S/C27H30ClF2N4O7P/c1-26(2,14-41-42(37,38)39)21-11-27(21,34(3)24(35)32-13-17-5-4-6-20(30)23(17)28)15-40-25(36)33-22-10-18-9-19(29)8-7-16(18)12-31-22/h4-10,12,21H,11,13-15H2,1-3H3,(H,32,35)(H,31,33,36)(H2,37,38,39)/t21-,27?/m0/s1. The minimum Gasteiger partial charge on any atom is -0.447 e.